The molecule has 1 heterocycles. The highest BCUT2D eigenvalue weighted by Gasteiger charge is 2.30. The van der Waals surface area contributed by atoms with Gasteiger partial charge in [-0.2, -0.15) is 0 Å². The lowest BCUT2D eigenvalue weighted by Crippen LogP contribution is -2.27. The minimum absolute atomic E-state index is 0.765. The Morgan fingerprint density at radius 2 is 2.26 bits per heavy atom. The van der Waals surface area contributed by atoms with Crippen molar-refractivity contribution in [2.75, 3.05) is 18.0 Å². The van der Waals surface area contributed by atoms with Crippen molar-refractivity contribution in [3.8, 4) is 0 Å². The van der Waals surface area contributed by atoms with Crippen LogP contribution in [0.1, 0.15) is 52.1 Å². The largest absolute Gasteiger partial charge is 0.345 e. The molecular weight excluding hydrogens is 254 g/mol. The molecule has 0 aromatic carbocycles. The Morgan fingerprint density at radius 1 is 1.47 bits per heavy atom. The Kier molecular flexibility index (Phi) is 5.64. The first-order valence-electron chi connectivity index (χ1n) is 7.62. The smallest absolute Gasteiger partial charge is 0.185 e. The van der Waals surface area contributed by atoms with Crippen LogP contribution in [0.15, 0.2) is 5.38 Å². The molecule has 0 amide bonds. The molecule has 0 atom stereocenters. The van der Waals surface area contributed by atoms with Crippen LogP contribution in [0.3, 0.4) is 0 Å². The van der Waals surface area contributed by atoms with Gasteiger partial charge in [0.1, 0.15) is 0 Å². The van der Waals surface area contributed by atoms with Gasteiger partial charge in [-0.05, 0) is 38.1 Å². The third kappa shape index (κ3) is 4.77. The van der Waals surface area contributed by atoms with Crippen LogP contribution in [0, 0.1) is 5.92 Å². The zero-order valence-electron chi connectivity index (χ0n) is 12.5. The number of nitrogens with one attached hydrogen (secondary N) is 1. The molecule has 1 aliphatic carbocycles. The second-order valence-corrected chi connectivity index (χ2v) is 6.74. The van der Waals surface area contributed by atoms with Gasteiger partial charge in [0.2, 0.25) is 0 Å². The number of thiazole rings is 1. The van der Waals surface area contributed by atoms with Gasteiger partial charge < -0.3 is 10.2 Å². The van der Waals surface area contributed by atoms with Crippen LogP contribution in [0.5, 0.6) is 0 Å². The molecule has 1 N–H and O–H groups in total. The third-order valence-electron chi connectivity index (χ3n) is 3.45. The van der Waals surface area contributed by atoms with Gasteiger partial charge in [-0.25, -0.2) is 4.98 Å². The van der Waals surface area contributed by atoms with E-state index in [2.05, 4.69) is 36.4 Å². The number of hydrogen-bond acceptors (Lipinski definition) is 4. The van der Waals surface area contributed by atoms with Gasteiger partial charge in [-0.3, -0.25) is 0 Å². The van der Waals surface area contributed by atoms with Crippen LogP contribution in [0.25, 0.3) is 0 Å². The van der Waals surface area contributed by atoms with E-state index in [1.807, 2.05) is 11.3 Å². The van der Waals surface area contributed by atoms with Crippen LogP contribution < -0.4 is 10.2 Å². The maximum atomic E-state index is 4.80. The van der Waals surface area contributed by atoms with Gasteiger partial charge >= 0.3 is 0 Å². The fraction of sp³-hybridized carbons (Fsp3) is 0.800. The van der Waals surface area contributed by atoms with Gasteiger partial charge in [0.25, 0.3) is 0 Å². The molecule has 0 aliphatic heterocycles. The van der Waals surface area contributed by atoms with Gasteiger partial charge in [-0.15, -0.1) is 11.3 Å². The van der Waals surface area contributed by atoms with E-state index in [9.17, 15) is 0 Å². The molecule has 1 aliphatic rings. The molecule has 0 unspecified atom stereocenters. The predicted molar refractivity (Wildman–Crippen MR) is 83.9 cm³/mol. The molecule has 2 rings (SSSR count). The topological polar surface area (TPSA) is 28.2 Å². The Hall–Kier alpha value is -0.610. The summed E-state index contributed by atoms with van der Waals surface area (Å²) in [6.45, 7) is 9.94. The zero-order chi connectivity index (χ0) is 13.7. The molecular formula is C15H27N3S. The van der Waals surface area contributed by atoms with E-state index in [1.54, 1.807) is 0 Å². The summed E-state index contributed by atoms with van der Waals surface area (Å²) in [5, 5.41) is 6.87. The van der Waals surface area contributed by atoms with Crippen LogP contribution in [-0.4, -0.2) is 24.1 Å². The standard InChI is InChI=1S/C15H27N3S/c1-4-8-16-10-13-11-19-15(17-13)18(14-5-6-14)9-7-12(2)3/h11-12,14,16H,4-10H2,1-3H3. The van der Waals surface area contributed by atoms with Gasteiger partial charge in [-0.1, -0.05) is 20.8 Å². The summed E-state index contributed by atoms with van der Waals surface area (Å²) in [7, 11) is 0. The lowest BCUT2D eigenvalue weighted by atomic mass is 10.1. The van der Waals surface area contributed by atoms with Crippen molar-refractivity contribution < 1.29 is 0 Å². The zero-order valence-corrected chi connectivity index (χ0v) is 13.3. The molecule has 1 aromatic heterocycles. The molecule has 1 fully saturated rings. The maximum absolute atomic E-state index is 4.80. The van der Waals surface area contributed by atoms with Crippen LogP contribution in [0.2, 0.25) is 0 Å². The van der Waals surface area contributed by atoms with E-state index >= 15 is 0 Å². The number of nitrogens with zero attached hydrogens (tertiary/aromatic N) is 2. The minimum atomic E-state index is 0.765. The molecule has 0 bridgehead atoms. The van der Waals surface area contributed by atoms with Crippen molar-refractivity contribution >= 4 is 16.5 Å². The fourth-order valence-electron chi connectivity index (χ4n) is 2.12. The number of aromatic nitrogens is 1. The lowest BCUT2D eigenvalue weighted by molar-refractivity contribution is 0.569. The van der Waals surface area contributed by atoms with Crippen molar-refractivity contribution in [1.82, 2.24) is 10.3 Å². The molecule has 0 saturated heterocycles. The minimum Gasteiger partial charge on any atom is -0.345 e. The highest BCUT2D eigenvalue weighted by Crippen LogP contribution is 2.33. The molecule has 19 heavy (non-hydrogen) atoms. The van der Waals surface area contributed by atoms with E-state index in [4.69, 9.17) is 4.98 Å². The van der Waals surface area contributed by atoms with Crippen molar-refractivity contribution in [2.45, 2.75) is 59.0 Å². The molecule has 4 heteroatoms. The normalized spacial score (nSPS) is 15.2. The van der Waals surface area contributed by atoms with Crippen LogP contribution >= 0.6 is 11.3 Å². The summed E-state index contributed by atoms with van der Waals surface area (Å²) >= 11 is 1.81. The molecule has 0 spiro atoms. The number of hydrogen-bond donors (Lipinski definition) is 1. The quantitative estimate of drug-likeness (QED) is 0.700. The monoisotopic (exact) mass is 281 g/mol. The average molecular weight is 281 g/mol. The van der Waals surface area contributed by atoms with Crippen LogP contribution in [-0.2, 0) is 6.54 Å². The van der Waals surface area contributed by atoms with E-state index in [0.29, 0.717) is 0 Å². The van der Waals surface area contributed by atoms with Crippen molar-refractivity contribution in [2.24, 2.45) is 5.92 Å². The van der Waals surface area contributed by atoms with E-state index in [1.165, 1.54) is 36.5 Å². The van der Waals surface area contributed by atoms with E-state index in [-0.39, 0.29) is 0 Å². The average Bonchev–Trinajstić information content (AvgIpc) is 3.10. The number of anilines is 1. The van der Waals surface area contributed by atoms with Crippen molar-refractivity contribution in [3.05, 3.63) is 11.1 Å². The Bertz CT molecular complexity index is 371. The second kappa shape index (κ2) is 7.25. The molecule has 3 nitrogen and oxygen atoms in total. The first kappa shape index (κ1) is 14.8. The highest BCUT2D eigenvalue weighted by atomic mass is 32.1. The van der Waals surface area contributed by atoms with Gasteiger partial charge in [0.05, 0.1) is 5.69 Å². The summed E-state index contributed by atoms with van der Waals surface area (Å²) < 4.78 is 0. The Labute approximate surface area is 121 Å². The Morgan fingerprint density at radius 3 is 2.89 bits per heavy atom. The van der Waals surface area contributed by atoms with E-state index in [0.717, 1.165) is 31.6 Å². The molecule has 1 saturated carbocycles. The first-order valence-corrected chi connectivity index (χ1v) is 8.50. The predicted octanol–water partition coefficient (Wildman–Crippen LogP) is 3.66. The van der Waals surface area contributed by atoms with Crippen LogP contribution in [0.4, 0.5) is 5.13 Å². The Balaban J connectivity index is 1.89. The molecule has 0 radical (unpaired) electrons. The first-order chi connectivity index (χ1) is 9.20. The van der Waals surface area contributed by atoms with E-state index < -0.39 is 0 Å². The van der Waals surface area contributed by atoms with Gasteiger partial charge in [0.15, 0.2) is 5.13 Å². The highest BCUT2D eigenvalue weighted by molar-refractivity contribution is 7.13. The third-order valence-corrected chi connectivity index (χ3v) is 4.38. The summed E-state index contributed by atoms with van der Waals surface area (Å²) in [6.07, 6.45) is 5.14. The maximum Gasteiger partial charge on any atom is 0.185 e. The summed E-state index contributed by atoms with van der Waals surface area (Å²) in [6, 6.07) is 0.765. The second-order valence-electron chi connectivity index (χ2n) is 5.91. The molecule has 1 aromatic rings. The fourth-order valence-corrected chi connectivity index (χ4v) is 3.04. The molecule has 108 valence electrons. The van der Waals surface area contributed by atoms with Crippen molar-refractivity contribution in [3.63, 3.8) is 0 Å². The summed E-state index contributed by atoms with van der Waals surface area (Å²) in [5.41, 5.74) is 1.20. The summed E-state index contributed by atoms with van der Waals surface area (Å²) in [5.74, 6) is 0.770. The lowest BCUT2D eigenvalue weighted by Gasteiger charge is -2.22. The SMILES string of the molecule is CCCNCc1csc(N(CCC(C)C)C2CC2)n1. The number of rotatable bonds is 9. The van der Waals surface area contributed by atoms with Gasteiger partial charge in [0, 0.05) is 24.5 Å². The summed E-state index contributed by atoms with van der Waals surface area (Å²) in [4.78, 5) is 7.34. The van der Waals surface area contributed by atoms with Crippen molar-refractivity contribution in [1.29, 1.82) is 0 Å².